The summed E-state index contributed by atoms with van der Waals surface area (Å²) in [6, 6.07) is 2.85. The summed E-state index contributed by atoms with van der Waals surface area (Å²) in [5.41, 5.74) is 0. The van der Waals surface area contributed by atoms with Crippen LogP contribution in [0.2, 0.25) is 0 Å². The van der Waals surface area contributed by atoms with Crippen molar-refractivity contribution < 1.29 is 0 Å². The molecule has 1 nitrogen and oxygen atoms in total. The molecule has 0 saturated carbocycles. The van der Waals surface area contributed by atoms with Gasteiger partial charge in [-0.25, -0.2) is 0 Å². The summed E-state index contributed by atoms with van der Waals surface area (Å²) < 4.78 is 1.21. The van der Waals surface area contributed by atoms with E-state index in [-0.39, 0.29) is 0 Å². The second-order valence-electron chi connectivity index (χ2n) is 4.47. The van der Waals surface area contributed by atoms with Gasteiger partial charge in [0.15, 0.2) is 0 Å². The molecule has 98 valence electrons. The molecule has 0 aliphatic heterocycles. The van der Waals surface area contributed by atoms with Crippen LogP contribution in [0.15, 0.2) is 15.9 Å². The highest BCUT2D eigenvalue weighted by molar-refractivity contribution is 9.10. The van der Waals surface area contributed by atoms with Gasteiger partial charge < -0.3 is 5.32 Å². The number of rotatable bonds is 8. The van der Waals surface area contributed by atoms with Crippen LogP contribution >= 0.6 is 39.0 Å². The van der Waals surface area contributed by atoms with E-state index in [1.807, 2.05) is 23.1 Å². The van der Waals surface area contributed by atoms with Gasteiger partial charge in [-0.05, 0) is 46.6 Å². The molecule has 17 heavy (non-hydrogen) atoms. The number of thioether (sulfide) groups is 1. The molecular formula is C13H22BrNS2. The summed E-state index contributed by atoms with van der Waals surface area (Å²) in [5, 5.41) is 6.54. The summed E-state index contributed by atoms with van der Waals surface area (Å²) in [6.07, 6.45) is 2.35. The summed E-state index contributed by atoms with van der Waals surface area (Å²) in [7, 11) is 0. The third-order valence-electron chi connectivity index (χ3n) is 2.38. The molecule has 1 aromatic rings. The Kier molecular flexibility index (Phi) is 7.84. The van der Waals surface area contributed by atoms with Gasteiger partial charge in [0.05, 0.1) is 0 Å². The van der Waals surface area contributed by atoms with Crippen LogP contribution in [-0.2, 0) is 6.42 Å². The molecule has 1 rings (SSSR count). The first kappa shape index (κ1) is 15.5. The van der Waals surface area contributed by atoms with Crippen molar-refractivity contribution in [3.8, 4) is 0 Å². The van der Waals surface area contributed by atoms with Crippen LogP contribution in [0.25, 0.3) is 0 Å². The largest absolute Gasteiger partial charge is 0.313 e. The Balaban J connectivity index is 2.44. The Hall–Kier alpha value is 0.490. The molecule has 0 aliphatic carbocycles. The minimum atomic E-state index is 0.605. The Morgan fingerprint density at radius 2 is 2.24 bits per heavy atom. The summed E-state index contributed by atoms with van der Waals surface area (Å²) >= 11 is 7.42. The van der Waals surface area contributed by atoms with Gasteiger partial charge in [-0.1, -0.05) is 20.8 Å². The van der Waals surface area contributed by atoms with Gasteiger partial charge in [0.1, 0.15) is 0 Å². The SMILES string of the molecule is CCCNC(CSC(C)C)Cc1cc(Br)cs1. The Bertz CT molecular complexity index is 312. The smallest absolute Gasteiger partial charge is 0.0285 e. The van der Waals surface area contributed by atoms with E-state index in [9.17, 15) is 0 Å². The predicted molar refractivity (Wildman–Crippen MR) is 85.4 cm³/mol. The van der Waals surface area contributed by atoms with Crippen molar-refractivity contribution in [1.29, 1.82) is 0 Å². The lowest BCUT2D eigenvalue weighted by Crippen LogP contribution is -2.34. The first-order chi connectivity index (χ1) is 8.11. The van der Waals surface area contributed by atoms with Crippen molar-refractivity contribution in [3.05, 3.63) is 20.8 Å². The van der Waals surface area contributed by atoms with Gasteiger partial charge in [-0.2, -0.15) is 11.8 Å². The molecule has 1 heterocycles. The summed E-state index contributed by atoms with van der Waals surface area (Å²) in [6.45, 7) is 7.88. The second-order valence-corrected chi connectivity index (χ2v) is 7.99. The third kappa shape index (κ3) is 6.85. The second kappa shape index (κ2) is 8.57. The van der Waals surface area contributed by atoms with Crippen LogP contribution in [0.1, 0.15) is 32.1 Å². The van der Waals surface area contributed by atoms with E-state index in [1.165, 1.54) is 21.5 Å². The summed E-state index contributed by atoms with van der Waals surface area (Å²) in [4.78, 5) is 1.47. The van der Waals surface area contributed by atoms with Crippen LogP contribution < -0.4 is 5.32 Å². The maximum absolute atomic E-state index is 3.65. The molecule has 0 amide bonds. The van der Waals surface area contributed by atoms with E-state index in [2.05, 4.69) is 53.5 Å². The number of hydrogen-bond donors (Lipinski definition) is 1. The van der Waals surface area contributed by atoms with Crippen molar-refractivity contribution >= 4 is 39.0 Å². The van der Waals surface area contributed by atoms with Crippen LogP contribution in [0.4, 0.5) is 0 Å². The highest BCUT2D eigenvalue weighted by Crippen LogP contribution is 2.22. The average molecular weight is 336 g/mol. The summed E-state index contributed by atoms with van der Waals surface area (Å²) in [5.74, 6) is 1.20. The zero-order valence-corrected chi connectivity index (χ0v) is 14.1. The standard InChI is InChI=1S/C13H22BrNS2/c1-4-5-15-12(9-16-10(2)3)7-13-6-11(14)8-17-13/h6,8,10,12,15H,4-5,7,9H2,1-3H3. The molecule has 1 atom stereocenters. The normalized spacial score (nSPS) is 13.2. The Morgan fingerprint density at radius 3 is 2.76 bits per heavy atom. The molecule has 0 fully saturated rings. The van der Waals surface area contributed by atoms with Crippen molar-refractivity contribution in [2.45, 2.75) is 44.9 Å². The number of thiophene rings is 1. The third-order valence-corrected chi connectivity index (χ3v) is 5.36. The lowest BCUT2D eigenvalue weighted by Gasteiger charge is -2.18. The van der Waals surface area contributed by atoms with Crippen LogP contribution in [-0.4, -0.2) is 23.6 Å². The van der Waals surface area contributed by atoms with Crippen LogP contribution in [0.5, 0.6) is 0 Å². The topological polar surface area (TPSA) is 12.0 Å². The van der Waals surface area contributed by atoms with Crippen LogP contribution in [0.3, 0.4) is 0 Å². The molecular weight excluding hydrogens is 314 g/mol. The van der Waals surface area contributed by atoms with E-state index < -0.39 is 0 Å². The fraction of sp³-hybridized carbons (Fsp3) is 0.692. The van der Waals surface area contributed by atoms with Crippen molar-refractivity contribution in [2.75, 3.05) is 12.3 Å². The molecule has 0 saturated heterocycles. The minimum Gasteiger partial charge on any atom is -0.313 e. The van der Waals surface area contributed by atoms with E-state index in [1.54, 1.807) is 0 Å². The molecule has 0 bridgehead atoms. The van der Waals surface area contributed by atoms with E-state index in [4.69, 9.17) is 0 Å². The highest BCUT2D eigenvalue weighted by Gasteiger charge is 2.11. The van der Waals surface area contributed by atoms with Crippen LogP contribution in [0, 0.1) is 0 Å². The van der Waals surface area contributed by atoms with E-state index >= 15 is 0 Å². The fourth-order valence-corrected chi connectivity index (χ4v) is 3.94. The highest BCUT2D eigenvalue weighted by atomic mass is 79.9. The van der Waals surface area contributed by atoms with Gasteiger partial charge in [-0.3, -0.25) is 0 Å². The number of nitrogens with one attached hydrogen (secondary N) is 1. The first-order valence-corrected chi connectivity index (χ1v) is 8.91. The zero-order chi connectivity index (χ0) is 12.7. The quantitative estimate of drug-likeness (QED) is 0.747. The molecule has 1 unspecified atom stereocenters. The predicted octanol–water partition coefficient (Wildman–Crippen LogP) is 4.56. The van der Waals surface area contributed by atoms with Gasteiger partial charge in [0.25, 0.3) is 0 Å². The van der Waals surface area contributed by atoms with Crippen molar-refractivity contribution in [2.24, 2.45) is 0 Å². The molecule has 1 aromatic heterocycles. The fourth-order valence-electron chi connectivity index (χ4n) is 1.55. The molecule has 0 aromatic carbocycles. The Labute approximate surface area is 122 Å². The maximum atomic E-state index is 3.65. The van der Waals surface area contributed by atoms with Gasteiger partial charge in [0, 0.05) is 26.5 Å². The van der Waals surface area contributed by atoms with Gasteiger partial charge >= 0.3 is 0 Å². The zero-order valence-electron chi connectivity index (χ0n) is 10.8. The van der Waals surface area contributed by atoms with Crippen molar-refractivity contribution in [1.82, 2.24) is 5.32 Å². The number of hydrogen-bond acceptors (Lipinski definition) is 3. The molecule has 1 N–H and O–H groups in total. The number of halogens is 1. The molecule has 0 aliphatic rings. The Morgan fingerprint density at radius 1 is 1.47 bits per heavy atom. The van der Waals surface area contributed by atoms with E-state index in [0.717, 1.165) is 18.2 Å². The lowest BCUT2D eigenvalue weighted by atomic mass is 10.2. The minimum absolute atomic E-state index is 0.605. The monoisotopic (exact) mass is 335 g/mol. The van der Waals surface area contributed by atoms with Gasteiger partial charge in [0.2, 0.25) is 0 Å². The molecule has 0 spiro atoms. The molecule has 0 radical (unpaired) electrons. The van der Waals surface area contributed by atoms with E-state index in [0.29, 0.717) is 6.04 Å². The molecule has 4 heteroatoms. The average Bonchev–Trinajstić information content (AvgIpc) is 2.68. The van der Waals surface area contributed by atoms with Crippen molar-refractivity contribution in [3.63, 3.8) is 0 Å². The first-order valence-electron chi connectivity index (χ1n) is 6.19. The van der Waals surface area contributed by atoms with Gasteiger partial charge in [-0.15, -0.1) is 11.3 Å². The maximum Gasteiger partial charge on any atom is 0.0285 e. The lowest BCUT2D eigenvalue weighted by molar-refractivity contribution is 0.553.